The third-order valence-electron chi connectivity index (χ3n) is 5.64. The molecule has 152 valence electrons. The van der Waals surface area contributed by atoms with Gasteiger partial charge in [0.25, 0.3) is 0 Å². The Morgan fingerprint density at radius 3 is 2.57 bits per heavy atom. The molecule has 0 aliphatic carbocycles. The van der Waals surface area contributed by atoms with Crippen LogP contribution in [-0.4, -0.2) is 38.2 Å². The van der Waals surface area contributed by atoms with Crippen molar-refractivity contribution < 1.29 is 4.52 Å². The van der Waals surface area contributed by atoms with E-state index in [0.29, 0.717) is 24.0 Å². The average Bonchev–Trinajstić information content (AvgIpc) is 3.45. The third kappa shape index (κ3) is 3.68. The summed E-state index contributed by atoms with van der Waals surface area (Å²) in [5.41, 5.74) is 2.67. The second-order valence-electron chi connectivity index (χ2n) is 7.55. The molecule has 0 radical (unpaired) electrons. The molecule has 3 heterocycles. The van der Waals surface area contributed by atoms with Crippen molar-refractivity contribution in [1.29, 1.82) is 0 Å². The van der Waals surface area contributed by atoms with Gasteiger partial charge in [0.1, 0.15) is 0 Å². The molecule has 1 aliphatic heterocycles. The van der Waals surface area contributed by atoms with Gasteiger partial charge in [-0.1, -0.05) is 68.8 Å². The Morgan fingerprint density at radius 2 is 1.80 bits per heavy atom. The molecule has 2 aromatic heterocycles. The maximum Gasteiger partial charge on any atom is 0.237 e. The lowest BCUT2D eigenvalue weighted by atomic mass is 9.73. The molecule has 0 amide bonds. The zero-order valence-electron chi connectivity index (χ0n) is 16.3. The van der Waals surface area contributed by atoms with Crippen LogP contribution in [0.4, 0.5) is 0 Å². The minimum Gasteiger partial charge on any atom is -0.338 e. The molecule has 2 aromatic carbocycles. The monoisotopic (exact) mass is 464 g/mol. The fourth-order valence-corrected chi connectivity index (χ4v) is 4.28. The van der Waals surface area contributed by atoms with E-state index in [0.717, 1.165) is 36.0 Å². The van der Waals surface area contributed by atoms with Gasteiger partial charge in [-0.25, -0.2) is 4.68 Å². The first-order valence-electron chi connectivity index (χ1n) is 9.98. The second-order valence-corrected chi connectivity index (χ2v) is 8.46. The average molecular weight is 465 g/mol. The molecular weight excluding hydrogens is 444 g/mol. The highest BCUT2D eigenvalue weighted by molar-refractivity contribution is 9.10. The highest BCUT2D eigenvalue weighted by Crippen LogP contribution is 2.40. The van der Waals surface area contributed by atoms with E-state index in [9.17, 15) is 0 Å². The standard InChI is InChI=1S/C22H21BrN6O/c23-18-8-6-17(7-9-18)22(10-12-24-13-11-22)21-25-20(27-30-21)19-15-29(28-26-19)14-16-4-2-1-3-5-16/h1-9,15,24H,10-14H2. The van der Waals surface area contributed by atoms with Crippen molar-refractivity contribution in [2.45, 2.75) is 24.8 Å². The lowest BCUT2D eigenvalue weighted by Gasteiger charge is -2.34. The van der Waals surface area contributed by atoms with Crippen LogP contribution < -0.4 is 5.32 Å². The SMILES string of the molecule is Brc1ccc(C2(c3nc(-c4cn(Cc5ccccc5)nn4)no3)CCNCC2)cc1. The summed E-state index contributed by atoms with van der Waals surface area (Å²) in [6, 6.07) is 18.5. The van der Waals surface area contributed by atoms with E-state index in [1.54, 1.807) is 4.68 Å². The van der Waals surface area contributed by atoms with Crippen molar-refractivity contribution in [2.75, 3.05) is 13.1 Å². The number of nitrogens with one attached hydrogen (secondary N) is 1. The van der Waals surface area contributed by atoms with Crippen LogP contribution in [0.2, 0.25) is 0 Å². The van der Waals surface area contributed by atoms with Crippen molar-refractivity contribution >= 4 is 15.9 Å². The Morgan fingerprint density at radius 1 is 1.03 bits per heavy atom. The number of rotatable bonds is 5. The smallest absolute Gasteiger partial charge is 0.237 e. The lowest BCUT2D eigenvalue weighted by Crippen LogP contribution is -2.41. The summed E-state index contributed by atoms with van der Waals surface area (Å²) in [6.45, 7) is 2.45. The van der Waals surface area contributed by atoms with Gasteiger partial charge < -0.3 is 9.84 Å². The highest BCUT2D eigenvalue weighted by Gasteiger charge is 2.41. The predicted octanol–water partition coefficient (Wildman–Crippen LogP) is 3.81. The van der Waals surface area contributed by atoms with Crippen molar-refractivity contribution in [3.8, 4) is 11.5 Å². The van der Waals surface area contributed by atoms with Gasteiger partial charge in [0, 0.05) is 4.47 Å². The molecule has 1 fully saturated rings. The van der Waals surface area contributed by atoms with Crippen LogP contribution in [0.15, 0.2) is 69.8 Å². The summed E-state index contributed by atoms with van der Waals surface area (Å²) in [5.74, 6) is 1.11. The summed E-state index contributed by atoms with van der Waals surface area (Å²) >= 11 is 3.52. The topological polar surface area (TPSA) is 81.7 Å². The van der Waals surface area contributed by atoms with Gasteiger partial charge in [-0.3, -0.25) is 0 Å². The van der Waals surface area contributed by atoms with Gasteiger partial charge in [0.15, 0.2) is 5.69 Å². The van der Waals surface area contributed by atoms with E-state index in [1.807, 2.05) is 24.4 Å². The molecular formula is C22H21BrN6O. The maximum absolute atomic E-state index is 5.80. The Bertz CT molecular complexity index is 1120. The number of hydrogen-bond acceptors (Lipinski definition) is 6. The summed E-state index contributed by atoms with van der Waals surface area (Å²) < 4.78 is 8.64. The lowest BCUT2D eigenvalue weighted by molar-refractivity contribution is 0.260. The minimum absolute atomic E-state index is 0.294. The number of nitrogens with zero attached hydrogens (tertiary/aromatic N) is 5. The van der Waals surface area contributed by atoms with Crippen LogP contribution in [0.5, 0.6) is 0 Å². The van der Waals surface area contributed by atoms with Crippen molar-refractivity contribution in [3.63, 3.8) is 0 Å². The molecule has 0 spiro atoms. The molecule has 7 nitrogen and oxygen atoms in total. The highest BCUT2D eigenvalue weighted by atomic mass is 79.9. The first kappa shape index (κ1) is 19.1. The normalized spacial score (nSPS) is 15.9. The fourth-order valence-electron chi connectivity index (χ4n) is 4.02. The first-order valence-corrected chi connectivity index (χ1v) is 10.8. The summed E-state index contributed by atoms with van der Waals surface area (Å²) in [5, 5.41) is 16.2. The van der Waals surface area contributed by atoms with Crippen LogP contribution >= 0.6 is 15.9 Å². The van der Waals surface area contributed by atoms with E-state index in [4.69, 9.17) is 9.51 Å². The molecule has 0 bridgehead atoms. The van der Waals surface area contributed by atoms with Crippen LogP contribution in [0, 0.1) is 0 Å². The zero-order chi connectivity index (χ0) is 20.4. The van der Waals surface area contributed by atoms with E-state index in [-0.39, 0.29) is 5.41 Å². The van der Waals surface area contributed by atoms with E-state index in [1.165, 1.54) is 5.56 Å². The molecule has 1 N–H and O–H groups in total. The van der Waals surface area contributed by atoms with Crippen LogP contribution in [0.3, 0.4) is 0 Å². The number of piperidine rings is 1. The fraction of sp³-hybridized carbons (Fsp3) is 0.273. The maximum atomic E-state index is 5.80. The Balaban J connectivity index is 1.44. The van der Waals surface area contributed by atoms with E-state index < -0.39 is 0 Å². The van der Waals surface area contributed by atoms with Gasteiger partial charge in [0.05, 0.1) is 18.2 Å². The third-order valence-corrected chi connectivity index (χ3v) is 6.17. The van der Waals surface area contributed by atoms with Gasteiger partial charge in [-0.05, 0) is 49.2 Å². The number of aromatic nitrogens is 5. The van der Waals surface area contributed by atoms with Crippen molar-refractivity contribution in [3.05, 3.63) is 82.3 Å². The summed E-state index contributed by atoms with van der Waals surface area (Å²) in [6.07, 6.45) is 3.66. The van der Waals surface area contributed by atoms with E-state index >= 15 is 0 Å². The van der Waals surface area contributed by atoms with Crippen LogP contribution in [0.25, 0.3) is 11.5 Å². The Kier molecular flexibility index (Phi) is 5.18. The first-order chi connectivity index (χ1) is 14.7. The predicted molar refractivity (Wildman–Crippen MR) is 116 cm³/mol. The van der Waals surface area contributed by atoms with Crippen molar-refractivity contribution in [2.24, 2.45) is 0 Å². The largest absolute Gasteiger partial charge is 0.338 e. The van der Waals surface area contributed by atoms with Gasteiger partial charge in [-0.15, -0.1) is 5.10 Å². The van der Waals surface area contributed by atoms with Gasteiger partial charge >= 0.3 is 0 Å². The quantitative estimate of drug-likeness (QED) is 0.483. The van der Waals surface area contributed by atoms with Gasteiger partial charge in [0.2, 0.25) is 11.7 Å². The molecule has 0 saturated carbocycles. The van der Waals surface area contributed by atoms with Crippen molar-refractivity contribution in [1.82, 2.24) is 30.5 Å². The number of halogens is 1. The molecule has 1 saturated heterocycles. The molecule has 1 aliphatic rings. The van der Waals surface area contributed by atoms with E-state index in [2.05, 4.69) is 73.1 Å². The van der Waals surface area contributed by atoms with Crippen LogP contribution in [0.1, 0.15) is 29.9 Å². The molecule has 5 rings (SSSR count). The zero-order valence-corrected chi connectivity index (χ0v) is 17.9. The summed E-state index contributed by atoms with van der Waals surface area (Å²) in [7, 11) is 0. The number of hydrogen-bond donors (Lipinski definition) is 1. The van der Waals surface area contributed by atoms with Crippen LogP contribution in [-0.2, 0) is 12.0 Å². The Hall–Kier alpha value is -2.84. The summed E-state index contributed by atoms with van der Waals surface area (Å²) in [4.78, 5) is 4.76. The Labute approximate surface area is 182 Å². The molecule has 30 heavy (non-hydrogen) atoms. The second kappa shape index (κ2) is 8.12. The number of benzene rings is 2. The molecule has 0 unspecified atom stereocenters. The molecule has 4 aromatic rings. The molecule has 0 atom stereocenters. The minimum atomic E-state index is -0.294. The van der Waals surface area contributed by atoms with Gasteiger partial charge in [-0.2, -0.15) is 4.98 Å². The molecule has 8 heteroatoms.